The second-order valence-electron chi connectivity index (χ2n) is 6.65. The maximum atomic E-state index is 12.5. The monoisotopic (exact) mass is 378 g/mol. The summed E-state index contributed by atoms with van der Waals surface area (Å²) in [5, 5.41) is 6.69. The van der Waals surface area contributed by atoms with Gasteiger partial charge in [-0.25, -0.2) is 8.42 Å². The third-order valence-electron chi connectivity index (χ3n) is 4.54. The molecule has 3 N–H and O–H groups in total. The van der Waals surface area contributed by atoms with E-state index in [1.807, 2.05) is 30.3 Å². The van der Waals surface area contributed by atoms with Crippen LogP contribution in [0.5, 0.6) is 0 Å². The van der Waals surface area contributed by atoms with Gasteiger partial charge >= 0.3 is 0 Å². The Labute approximate surface area is 152 Å². The fourth-order valence-corrected chi connectivity index (χ4v) is 5.07. The zero-order valence-corrected chi connectivity index (χ0v) is 15.1. The molecule has 2 aromatic rings. The molecule has 1 aromatic heterocycles. The summed E-state index contributed by atoms with van der Waals surface area (Å²) in [5.74, 6) is 0.231. The van der Waals surface area contributed by atoms with Crippen molar-refractivity contribution in [1.82, 2.24) is 15.5 Å². The first-order chi connectivity index (χ1) is 12.4. The Morgan fingerprint density at radius 1 is 1.35 bits per heavy atom. The minimum atomic E-state index is -2.99. The molecule has 140 valence electrons. The van der Waals surface area contributed by atoms with Crippen LogP contribution in [0.4, 0.5) is 0 Å². The zero-order chi connectivity index (χ0) is 18.6. The molecule has 1 aliphatic heterocycles. The van der Waals surface area contributed by atoms with Gasteiger partial charge in [0.05, 0.1) is 23.6 Å². The van der Waals surface area contributed by atoms with Crippen LogP contribution in [0.3, 0.4) is 0 Å². The highest BCUT2D eigenvalue weighted by Crippen LogP contribution is 2.23. The Morgan fingerprint density at radius 3 is 2.73 bits per heavy atom. The summed E-state index contributed by atoms with van der Waals surface area (Å²) in [6, 6.07) is 8.38. The van der Waals surface area contributed by atoms with Crippen molar-refractivity contribution in [3.63, 3.8) is 0 Å². The predicted octanol–water partition coefficient (Wildman–Crippen LogP) is 0.622. The van der Waals surface area contributed by atoms with E-state index in [1.54, 1.807) is 0 Å². The number of carbonyl (C=O) groups is 1. The van der Waals surface area contributed by atoms with Crippen LogP contribution >= 0.6 is 0 Å². The summed E-state index contributed by atoms with van der Waals surface area (Å²) in [4.78, 5) is 16.6. The standard InChI is InChI=1S/C17H22N4O4S/c18-14(8-13-6-7-26(23,24)10-13)17(22)20-15(16-19-11-25-21-16)9-12-4-2-1-3-5-12/h1-5,11,13-15H,6-10,18H2,(H,20,22). The number of amides is 1. The van der Waals surface area contributed by atoms with Crippen LogP contribution in [0.25, 0.3) is 0 Å². The van der Waals surface area contributed by atoms with E-state index in [0.717, 1.165) is 5.56 Å². The highest BCUT2D eigenvalue weighted by atomic mass is 32.2. The number of nitrogens with one attached hydrogen (secondary N) is 1. The molecule has 3 atom stereocenters. The first-order valence-corrected chi connectivity index (χ1v) is 10.3. The molecule has 9 heteroatoms. The van der Waals surface area contributed by atoms with E-state index in [0.29, 0.717) is 25.1 Å². The van der Waals surface area contributed by atoms with Crippen molar-refractivity contribution in [3.05, 3.63) is 48.1 Å². The van der Waals surface area contributed by atoms with Crippen molar-refractivity contribution in [2.24, 2.45) is 11.7 Å². The highest BCUT2D eigenvalue weighted by molar-refractivity contribution is 7.91. The summed E-state index contributed by atoms with van der Waals surface area (Å²) in [6.45, 7) is 0. The lowest BCUT2D eigenvalue weighted by atomic mass is 9.98. The predicted molar refractivity (Wildman–Crippen MR) is 94.7 cm³/mol. The van der Waals surface area contributed by atoms with E-state index < -0.39 is 21.9 Å². The van der Waals surface area contributed by atoms with E-state index in [9.17, 15) is 13.2 Å². The molecule has 1 saturated heterocycles. The van der Waals surface area contributed by atoms with Crippen LogP contribution in [0.2, 0.25) is 0 Å². The largest absolute Gasteiger partial charge is 0.344 e. The third-order valence-corrected chi connectivity index (χ3v) is 6.38. The summed E-state index contributed by atoms with van der Waals surface area (Å²) < 4.78 is 27.9. The molecular weight excluding hydrogens is 356 g/mol. The zero-order valence-electron chi connectivity index (χ0n) is 14.2. The van der Waals surface area contributed by atoms with Gasteiger partial charge in [-0.05, 0) is 24.3 Å². The molecule has 1 aliphatic rings. The Kier molecular flexibility index (Phi) is 5.67. The van der Waals surface area contributed by atoms with Gasteiger partial charge in [-0.15, -0.1) is 0 Å². The van der Waals surface area contributed by atoms with Crippen molar-refractivity contribution in [1.29, 1.82) is 0 Å². The van der Waals surface area contributed by atoms with Crippen molar-refractivity contribution in [3.8, 4) is 0 Å². The quantitative estimate of drug-likeness (QED) is 0.723. The molecule has 0 spiro atoms. The number of benzene rings is 1. The number of carbonyl (C=O) groups excluding carboxylic acids is 1. The number of sulfone groups is 1. The summed E-state index contributed by atoms with van der Waals surface area (Å²) in [6.07, 6.45) is 2.61. The SMILES string of the molecule is NC(CC1CCS(=O)(=O)C1)C(=O)NC(Cc1ccccc1)c1ncon1. The second kappa shape index (κ2) is 7.96. The van der Waals surface area contributed by atoms with Gasteiger partial charge in [-0.3, -0.25) is 4.79 Å². The van der Waals surface area contributed by atoms with Crippen LogP contribution in [-0.4, -0.2) is 42.0 Å². The van der Waals surface area contributed by atoms with Gasteiger partial charge in [-0.2, -0.15) is 4.98 Å². The number of rotatable bonds is 7. The van der Waals surface area contributed by atoms with Gasteiger partial charge < -0.3 is 15.6 Å². The first kappa shape index (κ1) is 18.5. The Hall–Kier alpha value is -2.26. The van der Waals surface area contributed by atoms with Crippen molar-refractivity contribution in [2.75, 3.05) is 11.5 Å². The normalized spacial score (nSPS) is 21.2. The minimum absolute atomic E-state index is 0.0708. The van der Waals surface area contributed by atoms with Crippen LogP contribution in [-0.2, 0) is 21.1 Å². The molecule has 8 nitrogen and oxygen atoms in total. The van der Waals surface area contributed by atoms with Crippen molar-refractivity contribution < 1.29 is 17.7 Å². The van der Waals surface area contributed by atoms with Crippen LogP contribution < -0.4 is 11.1 Å². The number of hydrogen-bond acceptors (Lipinski definition) is 7. The fourth-order valence-electron chi connectivity index (χ4n) is 3.19. The number of hydrogen-bond donors (Lipinski definition) is 2. The molecule has 0 bridgehead atoms. The van der Waals surface area contributed by atoms with Crippen molar-refractivity contribution in [2.45, 2.75) is 31.3 Å². The van der Waals surface area contributed by atoms with Gasteiger partial charge in [0, 0.05) is 6.42 Å². The molecule has 2 heterocycles. The van der Waals surface area contributed by atoms with E-state index in [-0.39, 0.29) is 23.3 Å². The maximum absolute atomic E-state index is 12.5. The second-order valence-corrected chi connectivity index (χ2v) is 8.88. The van der Waals surface area contributed by atoms with Crippen LogP contribution in [0.15, 0.2) is 41.2 Å². The van der Waals surface area contributed by atoms with Crippen LogP contribution in [0, 0.1) is 5.92 Å². The molecular formula is C17H22N4O4S. The molecule has 0 radical (unpaired) electrons. The van der Waals surface area contributed by atoms with Gasteiger partial charge in [0.25, 0.3) is 0 Å². The van der Waals surface area contributed by atoms with E-state index >= 15 is 0 Å². The molecule has 3 unspecified atom stereocenters. The number of nitrogens with two attached hydrogens (primary N) is 1. The van der Waals surface area contributed by atoms with Crippen molar-refractivity contribution >= 4 is 15.7 Å². The summed E-state index contributed by atoms with van der Waals surface area (Å²) in [5.41, 5.74) is 7.02. The van der Waals surface area contributed by atoms with Gasteiger partial charge in [0.15, 0.2) is 15.7 Å². The Morgan fingerprint density at radius 2 is 2.12 bits per heavy atom. The lowest BCUT2D eigenvalue weighted by molar-refractivity contribution is -0.123. The Bertz CT molecular complexity index is 824. The van der Waals surface area contributed by atoms with E-state index in [1.165, 1.54) is 6.39 Å². The topological polar surface area (TPSA) is 128 Å². The Balaban J connectivity index is 1.63. The molecule has 3 rings (SSSR count). The molecule has 1 amide bonds. The number of nitrogens with zero attached hydrogens (tertiary/aromatic N) is 2. The van der Waals surface area contributed by atoms with Gasteiger partial charge in [-0.1, -0.05) is 35.5 Å². The molecule has 0 saturated carbocycles. The maximum Gasteiger partial charge on any atom is 0.237 e. The summed E-state index contributed by atoms with van der Waals surface area (Å²) in [7, 11) is -2.99. The van der Waals surface area contributed by atoms with Crippen LogP contribution in [0.1, 0.15) is 30.3 Å². The van der Waals surface area contributed by atoms with E-state index in [2.05, 4.69) is 15.5 Å². The molecule has 1 aromatic carbocycles. The van der Waals surface area contributed by atoms with Gasteiger partial charge in [0.1, 0.15) is 0 Å². The lowest BCUT2D eigenvalue weighted by Crippen LogP contribution is -2.44. The van der Waals surface area contributed by atoms with E-state index in [4.69, 9.17) is 10.3 Å². The first-order valence-electron chi connectivity index (χ1n) is 8.49. The average molecular weight is 378 g/mol. The molecule has 26 heavy (non-hydrogen) atoms. The van der Waals surface area contributed by atoms with Gasteiger partial charge in [0.2, 0.25) is 12.3 Å². The third kappa shape index (κ3) is 4.89. The minimum Gasteiger partial charge on any atom is -0.344 e. The average Bonchev–Trinajstić information content (AvgIpc) is 3.25. The fraction of sp³-hybridized carbons (Fsp3) is 0.471. The summed E-state index contributed by atoms with van der Waals surface area (Å²) >= 11 is 0. The lowest BCUT2D eigenvalue weighted by Gasteiger charge is -2.20. The smallest absolute Gasteiger partial charge is 0.237 e. The number of aromatic nitrogens is 2. The molecule has 0 aliphatic carbocycles. The highest BCUT2D eigenvalue weighted by Gasteiger charge is 2.31. The molecule has 1 fully saturated rings.